The van der Waals surface area contributed by atoms with Gasteiger partial charge >= 0.3 is 0 Å². The Morgan fingerprint density at radius 2 is 2.17 bits per heavy atom. The summed E-state index contributed by atoms with van der Waals surface area (Å²) < 4.78 is 24.3. The van der Waals surface area contributed by atoms with Gasteiger partial charge in [-0.2, -0.15) is 11.8 Å². The normalized spacial score (nSPS) is 24.1. The van der Waals surface area contributed by atoms with Crippen molar-refractivity contribution < 1.29 is 8.42 Å². The summed E-state index contributed by atoms with van der Waals surface area (Å²) in [5, 5.41) is -0.327. The van der Waals surface area contributed by atoms with Gasteiger partial charge in [-0.15, -0.1) is 0 Å². The van der Waals surface area contributed by atoms with Gasteiger partial charge in [0.1, 0.15) is 5.37 Å². The number of nitrogens with two attached hydrogens (primary N) is 1. The van der Waals surface area contributed by atoms with Crippen molar-refractivity contribution in [2.45, 2.75) is 44.5 Å². The van der Waals surface area contributed by atoms with E-state index < -0.39 is 9.84 Å². The molecule has 1 aliphatic rings. The summed E-state index contributed by atoms with van der Waals surface area (Å²) in [7, 11) is -3.00. The molecule has 1 rings (SSSR count). The molecule has 6 heteroatoms. The minimum atomic E-state index is -3.00. The molecule has 108 valence electrons. The second-order valence-electron chi connectivity index (χ2n) is 4.75. The number of hydrogen-bond acceptors (Lipinski definition) is 5. The highest BCUT2D eigenvalue weighted by atomic mass is 32.2. The van der Waals surface area contributed by atoms with E-state index in [0.29, 0.717) is 12.3 Å². The third kappa shape index (κ3) is 4.11. The van der Waals surface area contributed by atoms with Crippen LogP contribution < -0.4 is 5.73 Å². The molecule has 0 amide bonds. The summed E-state index contributed by atoms with van der Waals surface area (Å²) in [4.78, 5) is 2.14. The lowest BCUT2D eigenvalue weighted by Gasteiger charge is -2.40. The van der Waals surface area contributed by atoms with Crippen molar-refractivity contribution in [3.8, 4) is 0 Å². The zero-order chi connectivity index (χ0) is 13.6. The molecule has 1 fully saturated rings. The van der Waals surface area contributed by atoms with Gasteiger partial charge in [-0.3, -0.25) is 4.90 Å². The molecular weight excluding hydrogens is 268 g/mol. The lowest BCUT2D eigenvalue weighted by Crippen LogP contribution is -2.54. The Balaban J connectivity index is 2.80. The molecule has 0 aromatic heterocycles. The summed E-state index contributed by atoms with van der Waals surface area (Å²) >= 11 is 1.74. The van der Waals surface area contributed by atoms with Crippen LogP contribution in [-0.4, -0.2) is 55.1 Å². The van der Waals surface area contributed by atoms with E-state index in [2.05, 4.69) is 11.8 Å². The Bertz CT molecular complexity index is 333. The number of nitrogens with zero attached hydrogens (tertiary/aromatic N) is 1. The van der Waals surface area contributed by atoms with Crippen LogP contribution in [0, 0.1) is 0 Å². The molecule has 2 atom stereocenters. The first-order valence-electron chi connectivity index (χ1n) is 6.81. The van der Waals surface area contributed by atoms with Crippen LogP contribution >= 0.6 is 11.8 Å². The first-order chi connectivity index (χ1) is 8.56. The molecule has 0 aromatic carbocycles. The van der Waals surface area contributed by atoms with Crippen molar-refractivity contribution in [3.63, 3.8) is 0 Å². The fraction of sp³-hybridized carbons (Fsp3) is 1.00. The number of unbranched alkanes of at least 4 members (excludes halogenated alkanes) is 1. The van der Waals surface area contributed by atoms with E-state index in [1.54, 1.807) is 18.7 Å². The zero-order valence-electron chi connectivity index (χ0n) is 11.5. The second kappa shape index (κ2) is 7.72. The Hall–Kier alpha value is 0.220. The molecule has 1 aliphatic heterocycles. The minimum Gasteiger partial charge on any atom is -0.329 e. The fourth-order valence-corrected chi connectivity index (χ4v) is 5.47. The van der Waals surface area contributed by atoms with Crippen LogP contribution in [0.15, 0.2) is 0 Å². The van der Waals surface area contributed by atoms with E-state index in [1.165, 1.54) is 0 Å². The van der Waals surface area contributed by atoms with Crippen molar-refractivity contribution in [1.82, 2.24) is 4.90 Å². The number of hydrogen-bond donors (Lipinski definition) is 1. The van der Waals surface area contributed by atoms with Crippen molar-refractivity contribution in [1.29, 1.82) is 0 Å². The number of sulfone groups is 1. The fourth-order valence-electron chi connectivity index (χ4n) is 2.37. The van der Waals surface area contributed by atoms with Gasteiger partial charge in [-0.25, -0.2) is 8.42 Å². The van der Waals surface area contributed by atoms with Gasteiger partial charge in [0, 0.05) is 36.4 Å². The van der Waals surface area contributed by atoms with Gasteiger partial charge in [0.25, 0.3) is 0 Å². The van der Waals surface area contributed by atoms with E-state index in [4.69, 9.17) is 5.73 Å². The smallest absolute Gasteiger partial charge is 0.166 e. The Kier molecular flexibility index (Phi) is 6.98. The number of rotatable bonds is 7. The van der Waals surface area contributed by atoms with Gasteiger partial charge in [-0.05, 0) is 6.42 Å². The van der Waals surface area contributed by atoms with Crippen LogP contribution in [-0.2, 0) is 9.84 Å². The molecule has 0 spiro atoms. The molecule has 0 aromatic rings. The Morgan fingerprint density at radius 3 is 2.72 bits per heavy atom. The molecule has 18 heavy (non-hydrogen) atoms. The predicted molar refractivity (Wildman–Crippen MR) is 79.6 cm³/mol. The van der Waals surface area contributed by atoms with Crippen molar-refractivity contribution in [2.24, 2.45) is 5.73 Å². The maximum Gasteiger partial charge on any atom is 0.166 e. The van der Waals surface area contributed by atoms with E-state index in [9.17, 15) is 8.42 Å². The maximum atomic E-state index is 12.2. The number of thioether (sulfide) groups is 1. The van der Waals surface area contributed by atoms with Crippen LogP contribution in [0.2, 0.25) is 0 Å². The van der Waals surface area contributed by atoms with Crippen LogP contribution in [0.3, 0.4) is 0 Å². The predicted octanol–water partition coefficient (Wildman–Crippen LogP) is 1.31. The average molecular weight is 294 g/mol. The molecule has 0 aliphatic carbocycles. The van der Waals surface area contributed by atoms with Gasteiger partial charge in [0.2, 0.25) is 0 Å². The molecule has 2 N–H and O–H groups in total. The summed E-state index contributed by atoms with van der Waals surface area (Å²) in [6.45, 7) is 5.29. The highest BCUT2D eigenvalue weighted by Gasteiger charge is 2.35. The van der Waals surface area contributed by atoms with Gasteiger partial charge in [0.15, 0.2) is 9.84 Å². The standard InChI is InChI=1S/C12H26N2O2S2/c1-3-5-6-11(9-13)14-7-8-17-10-12(14)18(15,16)4-2/h11-12H,3-10,13H2,1-2H3. The van der Waals surface area contributed by atoms with Crippen molar-refractivity contribution in [3.05, 3.63) is 0 Å². The molecular formula is C12H26N2O2S2. The summed E-state index contributed by atoms with van der Waals surface area (Å²) in [5.74, 6) is 1.93. The summed E-state index contributed by atoms with van der Waals surface area (Å²) in [5.41, 5.74) is 5.85. The van der Waals surface area contributed by atoms with E-state index in [1.807, 2.05) is 0 Å². The van der Waals surface area contributed by atoms with Crippen LogP contribution in [0.25, 0.3) is 0 Å². The summed E-state index contributed by atoms with van der Waals surface area (Å²) in [6, 6.07) is 0.220. The van der Waals surface area contributed by atoms with Gasteiger partial charge in [0.05, 0.1) is 0 Å². The Morgan fingerprint density at radius 1 is 1.44 bits per heavy atom. The van der Waals surface area contributed by atoms with Crippen LogP contribution in [0.5, 0.6) is 0 Å². The molecule has 0 bridgehead atoms. The lowest BCUT2D eigenvalue weighted by molar-refractivity contribution is 0.184. The molecule has 1 heterocycles. The van der Waals surface area contributed by atoms with Crippen LogP contribution in [0.4, 0.5) is 0 Å². The third-order valence-corrected chi connectivity index (χ3v) is 6.88. The second-order valence-corrected chi connectivity index (χ2v) is 8.35. The van der Waals surface area contributed by atoms with Crippen LogP contribution in [0.1, 0.15) is 33.1 Å². The third-order valence-electron chi connectivity index (χ3n) is 3.57. The van der Waals surface area contributed by atoms with E-state index >= 15 is 0 Å². The monoisotopic (exact) mass is 294 g/mol. The molecule has 0 saturated carbocycles. The van der Waals surface area contributed by atoms with Crippen molar-refractivity contribution in [2.75, 3.05) is 30.3 Å². The maximum absolute atomic E-state index is 12.2. The highest BCUT2D eigenvalue weighted by molar-refractivity contribution is 8.01. The van der Waals surface area contributed by atoms with Gasteiger partial charge in [-0.1, -0.05) is 26.7 Å². The first kappa shape index (κ1) is 16.3. The van der Waals surface area contributed by atoms with E-state index in [-0.39, 0.29) is 17.2 Å². The van der Waals surface area contributed by atoms with Gasteiger partial charge < -0.3 is 5.73 Å². The molecule has 1 saturated heterocycles. The van der Waals surface area contributed by atoms with Crippen molar-refractivity contribution >= 4 is 21.6 Å². The topological polar surface area (TPSA) is 63.4 Å². The highest BCUT2D eigenvalue weighted by Crippen LogP contribution is 2.25. The lowest BCUT2D eigenvalue weighted by atomic mass is 10.1. The zero-order valence-corrected chi connectivity index (χ0v) is 13.1. The minimum absolute atomic E-state index is 0.220. The Labute approximate surface area is 116 Å². The molecule has 2 unspecified atom stereocenters. The molecule has 0 radical (unpaired) electrons. The van der Waals surface area contributed by atoms with E-state index in [0.717, 1.165) is 31.6 Å². The molecule has 4 nitrogen and oxygen atoms in total. The first-order valence-corrected chi connectivity index (χ1v) is 9.69. The summed E-state index contributed by atoms with van der Waals surface area (Å²) in [6.07, 6.45) is 3.25. The largest absolute Gasteiger partial charge is 0.329 e. The average Bonchev–Trinajstić information content (AvgIpc) is 2.40. The SMILES string of the molecule is CCCCC(CN)N1CCSCC1S(=O)(=O)CC. The quantitative estimate of drug-likeness (QED) is 0.767.